The van der Waals surface area contributed by atoms with Crippen molar-refractivity contribution in [1.82, 2.24) is 5.32 Å². The highest BCUT2D eigenvalue weighted by atomic mass is 16.5. The molecule has 0 saturated carbocycles. The molecule has 3 N–H and O–H groups in total. The number of esters is 1. The number of hydrogen-bond donors (Lipinski definition) is 2. The van der Waals surface area contributed by atoms with Crippen molar-refractivity contribution in [3.05, 3.63) is 0 Å². The van der Waals surface area contributed by atoms with Gasteiger partial charge in [0.25, 0.3) is 0 Å². The number of ether oxygens (including phenoxy) is 1. The fourth-order valence-corrected chi connectivity index (χ4v) is 1.35. The van der Waals surface area contributed by atoms with Crippen LogP contribution in [0.2, 0.25) is 0 Å². The minimum Gasteiger partial charge on any atom is -0.469 e. The lowest BCUT2D eigenvalue weighted by molar-refractivity contribution is -0.140. The van der Waals surface area contributed by atoms with Crippen LogP contribution in [0, 0.1) is 0 Å². The predicted octanol–water partition coefficient (Wildman–Crippen LogP) is 0.963. The molecule has 0 saturated heterocycles. The van der Waals surface area contributed by atoms with E-state index in [0.29, 0.717) is 25.8 Å². The first-order valence-corrected chi connectivity index (χ1v) is 6.15. The minimum absolute atomic E-state index is 0.0512. The summed E-state index contributed by atoms with van der Waals surface area (Å²) in [6.07, 6.45) is 4.27. The van der Waals surface area contributed by atoms with Crippen molar-refractivity contribution in [1.29, 1.82) is 0 Å². The average molecular weight is 244 g/mol. The van der Waals surface area contributed by atoms with E-state index in [9.17, 15) is 9.59 Å². The van der Waals surface area contributed by atoms with Crippen LogP contribution in [-0.4, -0.2) is 31.6 Å². The molecular weight excluding hydrogens is 220 g/mol. The van der Waals surface area contributed by atoms with E-state index >= 15 is 0 Å². The highest BCUT2D eigenvalue weighted by molar-refractivity contribution is 5.75. The van der Waals surface area contributed by atoms with Crippen molar-refractivity contribution in [2.75, 3.05) is 13.7 Å². The zero-order chi connectivity index (χ0) is 13.1. The molecular formula is C12H24N2O3. The Kier molecular flexibility index (Phi) is 9.43. The molecule has 0 bridgehead atoms. The molecule has 0 aliphatic rings. The van der Waals surface area contributed by atoms with E-state index in [4.69, 9.17) is 5.73 Å². The topological polar surface area (TPSA) is 81.4 Å². The van der Waals surface area contributed by atoms with E-state index in [0.717, 1.165) is 19.3 Å². The van der Waals surface area contributed by atoms with E-state index in [-0.39, 0.29) is 17.9 Å². The second kappa shape index (κ2) is 10.1. The van der Waals surface area contributed by atoms with E-state index in [1.165, 1.54) is 7.11 Å². The van der Waals surface area contributed by atoms with E-state index in [2.05, 4.69) is 10.1 Å². The van der Waals surface area contributed by atoms with Gasteiger partial charge in [0.2, 0.25) is 5.91 Å². The predicted molar refractivity (Wildman–Crippen MR) is 66.4 cm³/mol. The summed E-state index contributed by atoms with van der Waals surface area (Å²) in [5.41, 5.74) is 5.55. The van der Waals surface area contributed by atoms with Crippen molar-refractivity contribution in [2.45, 2.75) is 51.5 Å². The standard InChI is InChI=1S/C12H24N2O3/c1-10(13)7-8-11(15)14-9-5-3-4-6-12(16)17-2/h10H,3-9,13H2,1-2H3,(H,14,15). The van der Waals surface area contributed by atoms with Crippen molar-refractivity contribution in [3.63, 3.8) is 0 Å². The number of unbranched alkanes of at least 4 members (excludes halogenated alkanes) is 2. The number of carbonyl (C=O) groups excluding carboxylic acids is 2. The van der Waals surface area contributed by atoms with Crippen molar-refractivity contribution >= 4 is 11.9 Å². The Morgan fingerprint density at radius 3 is 2.53 bits per heavy atom. The maximum atomic E-state index is 11.3. The van der Waals surface area contributed by atoms with Gasteiger partial charge < -0.3 is 15.8 Å². The third kappa shape index (κ3) is 11.2. The molecule has 1 amide bonds. The largest absolute Gasteiger partial charge is 0.469 e. The molecule has 0 fully saturated rings. The van der Waals surface area contributed by atoms with Crippen LogP contribution in [0.4, 0.5) is 0 Å². The summed E-state index contributed by atoms with van der Waals surface area (Å²) in [4.78, 5) is 22.1. The van der Waals surface area contributed by atoms with Gasteiger partial charge >= 0.3 is 5.97 Å². The van der Waals surface area contributed by atoms with Crippen LogP contribution in [0.15, 0.2) is 0 Å². The van der Waals surface area contributed by atoms with Crippen LogP contribution in [0.25, 0.3) is 0 Å². The lowest BCUT2D eigenvalue weighted by Crippen LogP contribution is -2.26. The Morgan fingerprint density at radius 1 is 1.24 bits per heavy atom. The number of amides is 1. The molecule has 17 heavy (non-hydrogen) atoms. The van der Waals surface area contributed by atoms with Gasteiger partial charge in [-0.25, -0.2) is 0 Å². The molecule has 0 aromatic heterocycles. The monoisotopic (exact) mass is 244 g/mol. The average Bonchev–Trinajstić information content (AvgIpc) is 2.30. The molecule has 0 aliphatic carbocycles. The molecule has 1 atom stereocenters. The van der Waals surface area contributed by atoms with Crippen LogP contribution in [0.3, 0.4) is 0 Å². The van der Waals surface area contributed by atoms with Gasteiger partial charge in [-0.1, -0.05) is 6.42 Å². The van der Waals surface area contributed by atoms with E-state index in [1.807, 2.05) is 6.92 Å². The number of rotatable bonds is 9. The highest BCUT2D eigenvalue weighted by Gasteiger charge is 2.03. The Hall–Kier alpha value is -1.10. The SMILES string of the molecule is COC(=O)CCCCCNC(=O)CCC(C)N. The summed E-state index contributed by atoms with van der Waals surface area (Å²) < 4.78 is 4.53. The van der Waals surface area contributed by atoms with Crippen molar-refractivity contribution < 1.29 is 14.3 Å². The van der Waals surface area contributed by atoms with Crippen LogP contribution < -0.4 is 11.1 Å². The molecule has 0 aromatic rings. The molecule has 0 aliphatic heterocycles. The highest BCUT2D eigenvalue weighted by Crippen LogP contribution is 2.00. The van der Waals surface area contributed by atoms with E-state index < -0.39 is 0 Å². The minimum atomic E-state index is -0.175. The first-order chi connectivity index (χ1) is 8.06. The van der Waals surface area contributed by atoms with Gasteiger partial charge in [-0.15, -0.1) is 0 Å². The Bertz CT molecular complexity index is 230. The second-order valence-corrected chi connectivity index (χ2v) is 4.25. The summed E-state index contributed by atoms with van der Waals surface area (Å²) in [6.45, 7) is 2.55. The maximum absolute atomic E-state index is 11.3. The van der Waals surface area contributed by atoms with Crippen molar-refractivity contribution in [2.24, 2.45) is 5.73 Å². The van der Waals surface area contributed by atoms with Crippen LogP contribution in [0.5, 0.6) is 0 Å². The third-order valence-corrected chi connectivity index (χ3v) is 2.43. The molecule has 5 nitrogen and oxygen atoms in total. The Labute approximate surface area is 103 Å². The molecule has 0 aromatic carbocycles. The van der Waals surface area contributed by atoms with Crippen molar-refractivity contribution in [3.8, 4) is 0 Å². The molecule has 100 valence electrons. The molecule has 1 unspecified atom stereocenters. The normalized spacial score (nSPS) is 11.9. The van der Waals surface area contributed by atoms with Gasteiger partial charge in [-0.05, 0) is 26.2 Å². The smallest absolute Gasteiger partial charge is 0.305 e. The number of nitrogens with two attached hydrogens (primary N) is 1. The third-order valence-electron chi connectivity index (χ3n) is 2.43. The maximum Gasteiger partial charge on any atom is 0.305 e. The lowest BCUT2D eigenvalue weighted by atomic mass is 10.2. The van der Waals surface area contributed by atoms with Crippen LogP contribution in [-0.2, 0) is 14.3 Å². The Morgan fingerprint density at radius 2 is 1.94 bits per heavy atom. The summed E-state index contributed by atoms with van der Waals surface area (Å²) in [5.74, 6) is -0.124. The summed E-state index contributed by atoms with van der Waals surface area (Å²) in [5, 5.41) is 2.83. The van der Waals surface area contributed by atoms with Gasteiger partial charge in [0.1, 0.15) is 0 Å². The van der Waals surface area contributed by atoms with Gasteiger partial charge in [-0.3, -0.25) is 9.59 Å². The molecule has 5 heteroatoms. The number of methoxy groups -OCH3 is 1. The number of nitrogens with one attached hydrogen (secondary N) is 1. The first-order valence-electron chi connectivity index (χ1n) is 6.15. The fraction of sp³-hybridized carbons (Fsp3) is 0.833. The van der Waals surface area contributed by atoms with Gasteiger partial charge in [-0.2, -0.15) is 0 Å². The van der Waals surface area contributed by atoms with E-state index in [1.54, 1.807) is 0 Å². The molecule has 0 radical (unpaired) electrons. The molecule has 0 heterocycles. The first kappa shape index (κ1) is 15.9. The number of hydrogen-bond acceptors (Lipinski definition) is 4. The van der Waals surface area contributed by atoms with Gasteiger partial charge in [0.15, 0.2) is 0 Å². The zero-order valence-corrected chi connectivity index (χ0v) is 10.8. The Balaban J connectivity index is 3.27. The lowest BCUT2D eigenvalue weighted by Gasteiger charge is -2.06. The quantitative estimate of drug-likeness (QED) is 0.467. The molecule has 0 spiro atoms. The van der Waals surface area contributed by atoms with Gasteiger partial charge in [0.05, 0.1) is 7.11 Å². The second-order valence-electron chi connectivity index (χ2n) is 4.25. The van der Waals surface area contributed by atoms with Gasteiger partial charge in [0, 0.05) is 25.4 Å². The summed E-state index contributed by atoms with van der Waals surface area (Å²) in [7, 11) is 1.39. The van der Waals surface area contributed by atoms with Crippen LogP contribution in [0.1, 0.15) is 45.4 Å². The summed E-state index contributed by atoms with van der Waals surface area (Å²) >= 11 is 0. The fourth-order valence-electron chi connectivity index (χ4n) is 1.35. The van der Waals surface area contributed by atoms with Crippen LogP contribution >= 0.6 is 0 Å². The zero-order valence-electron chi connectivity index (χ0n) is 10.8. The number of carbonyl (C=O) groups is 2. The molecule has 0 rings (SSSR count). The summed E-state index contributed by atoms with van der Waals surface area (Å²) in [6, 6.07) is 0.0702.